The molecule has 0 unspecified atom stereocenters. The van der Waals surface area contributed by atoms with Crippen molar-refractivity contribution >= 4 is 0 Å². The van der Waals surface area contributed by atoms with Crippen LogP contribution in [0.2, 0.25) is 0 Å². The van der Waals surface area contributed by atoms with Crippen LogP contribution in [0.5, 0.6) is 5.75 Å². The lowest BCUT2D eigenvalue weighted by Crippen LogP contribution is -2.43. The molecular formula is C10H13N2O3+. The number of aromatic nitrogens is 1. The Hall–Kier alpha value is -1.80. The van der Waals surface area contributed by atoms with E-state index < -0.39 is 0 Å². The van der Waals surface area contributed by atoms with Gasteiger partial charge in [0.15, 0.2) is 6.07 Å². The summed E-state index contributed by atoms with van der Waals surface area (Å²) in [6, 6.07) is 5.34. The summed E-state index contributed by atoms with van der Waals surface area (Å²) in [6.45, 7) is 0.972. The molecule has 1 aromatic rings. The smallest absolute Gasteiger partial charge is 0.337 e. The average molecular weight is 209 g/mol. The second-order valence-corrected chi connectivity index (χ2v) is 2.71. The Bertz CT molecular complexity index is 360. The summed E-state index contributed by atoms with van der Waals surface area (Å²) in [7, 11) is 3.10. The van der Waals surface area contributed by atoms with Crippen LogP contribution in [-0.4, -0.2) is 27.4 Å². The Morgan fingerprint density at radius 3 is 2.80 bits per heavy atom. The predicted molar refractivity (Wildman–Crippen MR) is 51.2 cm³/mol. The van der Waals surface area contributed by atoms with Gasteiger partial charge >= 0.3 is 5.69 Å². The molecule has 0 radical (unpaired) electrons. The molecule has 0 spiro atoms. The van der Waals surface area contributed by atoms with Gasteiger partial charge in [-0.25, -0.2) is 0 Å². The van der Waals surface area contributed by atoms with Gasteiger partial charge in [0.1, 0.15) is 19.5 Å². The van der Waals surface area contributed by atoms with Crippen LogP contribution in [0, 0.1) is 11.3 Å². The Morgan fingerprint density at radius 2 is 2.20 bits per heavy atom. The Labute approximate surface area is 88.4 Å². The van der Waals surface area contributed by atoms with Gasteiger partial charge in [-0.1, -0.05) is 0 Å². The summed E-state index contributed by atoms with van der Waals surface area (Å²) in [5, 5.41) is 8.81. The summed E-state index contributed by atoms with van der Waals surface area (Å²) in [5.74, 6) is 0.622. The average Bonchev–Trinajstić information content (AvgIpc) is 2.29. The van der Waals surface area contributed by atoms with Gasteiger partial charge in [-0.15, -0.1) is 0 Å². The minimum atomic E-state index is 0.382. The van der Waals surface area contributed by atoms with Crippen molar-refractivity contribution in [1.82, 2.24) is 0 Å². The number of hydrogen-bond donors (Lipinski definition) is 0. The molecule has 1 aromatic heterocycles. The van der Waals surface area contributed by atoms with Gasteiger partial charge in [0.2, 0.25) is 6.20 Å². The molecule has 0 saturated carbocycles. The highest BCUT2D eigenvalue weighted by Crippen LogP contribution is 2.08. The van der Waals surface area contributed by atoms with Crippen molar-refractivity contribution in [3.63, 3.8) is 0 Å². The zero-order valence-electron chi connectivity index (χ0n) is 8.77. The van der Waals surface area contributed by atoms with E-state index in [0.717, 1.165) is 0 Å². The topological polar surface area (TPSA) is 55.4 Å². The normalized spacial score (nSPS) is 9.40. The lowest BCUT2D eigenvalue weighted by molar-refractivity contribution is -0.887. The number of methoxy groups -OCH3 is 1. The molecule has 0 amide bonds. The van der Waals surface area contributed by atoms with Gasteiger partial charge in [-0.05, 0) is 0 Å². The lowest BCUT2D eigenvalue weighted by atomic mass is 10.3. The zero-order chi connectivity index (χ0) is 11.1. The SMILES string of the molecule is COCCOc1cc[n+](OC)c(C#N)c1. The molecule has 15 heavy (non-hydrogen) atoms. The van der Waals surface area contributed by atoms with Gasteiger partial charge in [0, 0.05) is 17.9 Å². The Kier molecular flexibility index (Phi) is 4.38. The Morgan fingerprint density at radius 1 is 1.40 bits per heavy atom. The highest BCUT2D eigenvalue weighted by molar-refractivity contribution is 5.25. The standard InChI is InChI=1S/C10H13N2O3/c1-13-5-6-15-10-3-4-12(14-2)9(7-10)8-11/h3-4,7H,5-6H2,1-2H3/q+1. The fraction of sp³-hybridized carbons (Fsp3) is 0.400. The number of pyridine rings is 1. The number of hydrogen-bond acceptors (Lipinski definition) is 4. The first-order valence-electron chi connectivity index (χ1n) is 4.44. The number of nitrogens with zero attached hydrogens (tertiary/aromatic N) is 2. The molecule has 5 heteroatoms. The number of ether oxygens (including phenoxy) is 2. The largest absolute Gasteiger partial charge is 0.491 e. The molecule has 0 aromatic carbocycles. The minimum Gasteiger partial charge on any atom is -0.491 e. The van der Waals surface area contributed by atoms with E-state index in [2.05, 4.69) is 0 Å². The maximum atomic E-state index is 8.81. The molecule has 0 atom stereocenters. The van der Waals surface area contributed by atoms with Gasteiger partial charge in [-0.3, -0.25) is 4.84 Å². The first-order valence-corrected chi connectivity index (χ1v) is 4.44. The van der Waals surface area contributed by atoms with Gasteiger partial charge in [0.05, 0.1) is 12.7 Å². The summed E-state index contributed by atoms with van der Waals surface area (Å²) >= 11 is 0. The molecule has 0 aliphatic rings. The molecule has 80 valence electrons. The fourth-order valence-corrected chi connectivity index (χ4v) is 1.04. The molecule has 0 fully saturated rings. The second-order valence-electron chi connectivity index (χ2n) is 2.71. The van der Waals surface area contributed by atoms with Crippen LogP contribution >= 0.6 is 0 Å². The van der Waals surface area contributed by atoms with E-state index in [9.17, 15) is 0 Å². The molecule has 0 saturated heterocycles. The maximum absolute atomic E-state index is 8.81. The van der Waals surface area contributed by atoms with Crippen molar-refractivity contribution in [2.45, 2.75) is 0 Å². The van der Waals surface area contributed by atoms with Crippen molar-refractivity contribution in [2.75, 3.05) is 27.4 Å². The maximum Gasteiger partial charge on any atom is 0.337 e. The quantitative estimate of drug-likeness (QED) is 0.503. The second kappa shape index (κ2) is 5.83. The van der Waals surface area contributed by atoms with Crippen LogP contribution < -0.4 is 14.3 Å². The summed E-state index contributed by atoms with van der Waals surface area (Å²) < 4.78 is 11.6. The number of nitriles is 1. The molecule has 0 bridgehead atoms. The van der Waals surface area contributed by atoms with E-state index in [0.29, 0.717) is 24.7 Å². The van der Waals surface area contributed by atoms with Gasteiger partial charge < -0.3 is 9.47 Å². The monoisotopic (exact) mass is 209 g/mol. The zero-order valence-corrected chi connectivity index (χ0v) is 8.77. The van der Waals surface area contributed by atoms with Crippen LogP contribution in [0.1, 0.15) is 5.69 Å². The van der Waals surface area contributed by atoms with E-state index in [1.54, 1.807) is 25.4 Å². The summed E-state index contributed by atoms with van der Waals surface area (Å²) in [5.41, 5.74) is 0.382. The third kappa shape index (κ3) is 3.11. The van der Waals surface area contributed by atoms with Gasteiger partial charge in [-0.2, -0.15) is 5.26 Å². The first kappa shape index (κ1) is 11.3. The van der Waals surface area contributed by atoms with Crippen LogP contribution in [0.3, 0.4) is 0 Å². The molecule has 1 heterocycles. The highest BCUT2D eigenvalue weighted by atomic mass is 16.6. The van der Waals surface area contributed by atoms with E-state index >= 15 is 0 Å². The van der Waals surface area contributed by atoms with Gasteiger partial charge in [0.25, 0.3) is 0 Å². The third-order valence-corrected chi connectivity index (χ3v) is 1.76. The van der Waals surface area contributed by atoms with Crippen LogP contribution in [0.4, 0.5) is 0 Å². The van der Waals surface area contributed by atoms with Crippen molar-refractivity contribution in [3.8, 4) is 11.8 Å². The van der Waals surface area contributed by atoms with Crippen molar-refractivity contribution in [3.05, 3.63) is 24.0 Å². The van der Waals surface area contributed by atoms with Crippen LogP contribution in [0.25, 0.3) is 0 Å². The van der Waals surface area contributed by atoms with E-state index in [4.69, 9.17) is 19.6 Å². The molecule has 0 N–H and O–H groups in total. The highest BCUT2D eigenvalue weighted by Gasteiger charge is 2.12. The van der Waals surface area contributed by atoms with E-state index in [1.807, 2.05) is 6.07 Å². The Balaban J connectivity index is 2.71. The fourth-order valence-electron chi connectivity index (χ4n) is 1.04. The van der Waals surface area contributed by atoms with E-state index in [1.165, 1.54) is 11.8 Å². The molecule has 0 aliphatic carbocycles. The molecule has 0 aliphatic heterocycles. The lowest BCUT2D eigenvalue weighted by Gasteiger charge is -2.03. The van der Waals surface area contributed by atoms with Crippen LogP contribution in [-0.2, 0) is 4.74 Å². The van der Waals surface area contributed by atoms with Crippen molar-refractivity contribution in [2.24, 2.45) is 0 Å². The summed E-state index contributed by atoms with van der Waals surface area (Å²) in [4.78, 5) is 4.93. The van der Waals surface area contributed by atoms with Crippen molar-refractivity contribution in [1.29, 1.82) is 5.26 Å². The molecular weight excluding hydrogens is 196 g/mol. The molecule has 5 nitrogen and oxygen atoms in total. The molecule has 1 rings (SSSR count). The minimum absolute atomic E-state index is 0.382. The predicted octanol–water partition coefficient (Wildman–Crippen LogP) is -0.0706. The summed E-state index contributed by atoms with van der Waals surface area (Å²) in [6.07, 6.45) is 1.63. The number of rotatable bonds is 5. The van der Waals surface area contributed by atoms with Crippen molar-refractivity contribution < 1.29 is 19.0 Å². The first-order chi connectivity index (χ1) is 7.31. The van der Waals surface area contributed by atoms with Crippen LogP contribution in [0.15, 0.2) is 18.3 Å². The van der Waals surface area contributed by atoms with E-state index in [-0.39, 0.29) is 0 Å². The third-order valence-electron chi connectivity index (χ3n) is 1.76.